The van der Waals surface area contributed by atoms with E-state index in [2.05, 4.69) is 5.32 Å². The van der Waals surface area contributed by atoms with Gasteiger partial charge in [0.2, 0.25) is 11.8 Å². The first-order valence-corrected chi connectivity index (χ1v) is 11.9. The van der Waals surface area contributed by atoms with Crippen LogP contribution in [-0.2, 0) is 9.59 Å². The van der Waals surface area contributed by atoms with Crippen LogP contribution < -0.4 is 5.32 Å². The zero-order valence-electron chi connectivity index (χ0n) is 17.0. The first-order chi connectivity index (χ1) is 14.1. The topological polar surface area (TPSA) is 49.4 Å². The van der Waals surface area contributed by atoms with Crippen molar-refractivity contribution in [3.8, 4) is 0 Å². The Morgan fingerprint density at radius 2 is 1.48 bits per heavy atom. The van der Waals surface area contributed by atoms with Gasteiger partial charge < -0.3 is 10.2 Å². The third-order valence-electron chi connectivity index (χ3n) is 6.28. The Kier molecular flexibility index (Phi) is 8.68. The number of carbonyl (C=O) groups excluding carboxylic acids is 2. The van der Waals surface area contributed by atoms with Gasteiger partial charge in [-0.05, 0) is 43.4 Å². The summed E-state index contributed by atoms with van der Waals surface area (Å²) in [5.41, 5.74) is 0.797. The monoisotopic (exact) mass is 438 g/mol. The van der Waals surface area contributed by atoms with Crippen LogP contribution in [0.4, 0.5) is 0 Å². The fourth-order valence-corrected chi connectivity index (χ4v) is 5.04. The molecular formula is C23H32Cl2N2O2. The second-order valence-corrected chi connectivity index (χ2v) is 9.08. The van der Waals surface area contributed by atoms with Crippen molar-refractivity contribution in [3.63, 3.8) is 0 Å². The van der Waals surface area contributed by atoms with E-state index in [4.69, 9.17) is 23.2 Å². The van der Waals surface area contributed by atoms with E-state index in [1.165, 1.54) is 19.3 Å². The molecule has 1 N–H and O–H groups in total. The number of nitrogens with zero attached hydrogens (tertiary/aromatic N) is 1. The summed E-state index contributed by atoms with van der Waals surface area (Å²) in [4.78, 5) is 28.3. The Bertz CT molecular complexity index is 666. The van der Waals surface area contributed by atoms with Gasteiger partial charge in [0.05, 0.1) is 0 Å². The van der Waals surface area contributed by atoms with Gasteiger partial charge in [0.15, 0.2) is 0 Å². The number of amides is 2. The van der Waals surface area contributed by atoms with Crippen molar-refractivity contribution in [2.24, 2.45) is 0 Å². The summed E-state index contributed by atoms with van der Waals surface area (Å²) in [5, 5.41) is 3.85. The average Bonchev–Trinajstić information content (AvgIpc) is 3.02. The maximum Gasteiger partial charge on any atom is 0.247 e. The molecule has 2 aliphatic rings. The molecule has 2 saturated carbocycles. The molecule has 2 fully saturated rings. The molecule has 0 aliphatic heterocycles. The van der Waals surface area contributed by atoms with E-state index in [9.17, 15) is 9.59 Å². The highest BCUT2D eigenvalue weighted by Gasteiger charge is 2.37. The molecule has 0 heterocycles. The van der Waals surface area contributed by atoms with Crippen molar-refractivity contribution in [1.29, 1.82) is 0 Å². The molecule has 1 aromatic rings. The van der Waals surface area contributed by atoms with Crippen LogP contribution in [0.2, 0.25) is 5.02 Å². The molecule has 6 heteroatoms. The Morgan fingerprint density at radius 1 is 0.931 bits per heavy atom. The van der Waals surface area contributed by atoms with Crippen LogP contribution in [0.1, 0.15) is 82.2 Å². The van der Waals surface area contributed by atoms with Crippen LogP contribution in [0.5, 0.6) is 0 Å². The molecule has 4 nitrogen and oxygen atoms in total. The molecule has 0 radical (unpaired) electrons. The number of carbonyl (C=O) groups is 2. The van der Waals surface area contributed by atoms with Crippen molar-refractivity contribution in [2.45, 2.75) is 88.8 Å². The SMILES string of the molecule is O=C(NC1CCCCC1)[C@@H](c1ccc(Cl)cc1)N(C(=O)CCl)C1CCCCCC1. The molecular weight excluding hydrogens is 407 g/mol. The lowest BCUT2D eigenvalue weighted by molar-refractivity contribution is -0.142. The molecule has 1 atom stereocenters. The molecule has 1 aromatic carbocycles. The highest BCUT2D eigenvalue weighted by atomic mass is 35.5. The Balaban J connectivity index is 1.92. The van der Waals surface area contributed by atoms with Crippen LogP contribution in [0.15, 0.2) is 24.3 Å². The predicted octanol–water partition coefficient (Wildman–Crippen LogP) is 5.62. The van der Waals surface area contributed by atoms with Crippen LogP contribution in [0.3, 0.4) is 0 Å². The minimum Gasteiger partial charge on any atom is -0.351 e. The number of nitrogens with one attached hydrogen (secondary N) is 1. The van der Waals surface area contributed by atoms with Gasteiger partial charge in [-0.3, -0.25) is 9.59 Å². The first-order valence-electron chi connectivity index (χ1n) is 11.0. The summed E-state index contributed by atoms with van der Waals surface area (Å²) in [6.07, 6.45) is 11.9. The lowest BCUT2D eigenvalue weighted by Gasteiger charge is -2.38. The molecule has 0 spiro atoms. The van der Waals surface area contributed by atoms with Gasteiger partial charge in [0, 0.05) is 17.1 Å². The zero-order chi connectivity index (χ0) is 20.6. The fraction of sp³-hybridized carbons (Fsp3) is 0.652. The maximum absolute atomic E-state index is 13.5. The Hall–Kier alpha value is -1.26. The van der Waals surface area contributed by atoms with Gasteiger partial charge in [0.1, 0.15) is 11.9 Å². The average molecular weight is 439 g/mol. The number of benzene rings is 1. The zero-order valence-corrected chi connectivity index (χ0v) is 18.6. The van der Waals surface area contributed by atoms with E-state index < -0.39 is 6.04 Å². The third-order valence-corrected chi connectivity index (χ3v) is 6.76. The highest BCUT2D eigenvalue weighted by molar-refractivity contribution is 6.30. The molecule has 0 unspecified atom stereocenters. The van der Waals surface area contributed by atoms with Crippen molar-refractivity contribution in [2.75, 3.05) is 5.88 Å². The van der Waals surface area contributed by atoms with Crippen LogP contribution in [0.25, 0.3) is 0 Å². The van der Waals surface area contributed by atoms with E-state index in [1.54, 1.807) is 17.0 Å². The number of hydrogen-bond acceptors (Lipinski definition) is 2. The molecule has 0 saturated heterocycles. The number of rotatable bonds is 6. The van der Waals surface area contributed by atoms with Crippen molar-refractivity contribution >= 4 is 35.0 Å². The molecule has 2 amide bonds. The van der Waals surface area contributed by atoms with E-state index in [-0.39, 0.29) is 29.8 Å². The van der Waals surface area contributed by atoms with Gasteiger partial charge in [0.25, 0.3) is 0 Å². The fourth-order valence-electron chi connectivity index (χ4n) is 4.77. The number of halogens is 2. The van der Waals surface area contributed by atoms with Gasteiger partial charge in [-0.25, -0.2) is 0 Å². The number of alkyl halides is 1. The van der Waals surface area contributed by atoms with E-state index >= 15 is 0 Å². The molecule has 0 aromatic heterocycles. The molecule has 160 valence electrons. The summed E-state index contributed by atoms with van der Waals surface area (Å²) >= 11 is 12.1. The summed E-state index contributed by atoms with van der Waals surface area (Å²) < 4.78 is 0. The van der Waals surface area contributed by atoms with Crippen molar-refractivity contribution in [3.05, 3.63) is 34.9 Å². The quantitative estimate of drug-likeness (QED) is 0.462. The molecule has 0 bridgehead atoms. The lowest BCUT2D eigenvalue weighted by Crippen LogP contribution is -2.51. The summed E-state index contributed by atoms with van der Waals surface area (Å²) in [6, 6.07) is 6.86. The van der Waals surface area contributed by atoms with Crippen LogP contribution in [0, 0.1) is 0 Å². The Labute approximate surface area is 184 Å². The van der Waals surface area contributed by atoms with E-state index in [1.807, 2.05) is 12.1 Å². The highest BCUT2D eigenvalue weighted by Crippen LogP contribution is 2.32. The van der Waals surface area contributed by atoms with Gasteiger partial charge >= 0.3 is 0 Å². The minimum atomic E-state index is -0.663. The second-order valence-electron chi connectivity index (χ2n) is 8.38. The molecule has 3 rings (SSSR count). The van der Waals surface area contributed by atoms with Gasteiger partial charge in [-0.1, -0.05) is 68.7 Å². The van der Waals surface area contributed by atoms with Crippen LogP contribution >= 0.6 is 23.2 Å². The van der Waals surface area contributed by atoms with Crippen LogP contribution in [-0.4, -0.2) is 34.7 Å². The van der Waals surface area contributed by atoms with Crippen molar-refractivity contribution < 1.29 is 9.59 Å². The van der Waals surface area contributed by atoms with E-state index in [0.29, 0.717) is 5.02 Å². The normalized spacial score (nSPS) is 19.9. The van der Waals surface area contributed by atoms with E-state index in [0.717, 1.165) is 56.9 Å². The lowest BCUT2D eigenvalue weighted by atomic mass is 9.94. The largest absolute Gasteiger partial charge is 0.351 e. The summed E-state index contributed by atoms with van der Waals surface area (Å²) in [6.45, 7) is 0. The standard InChI is InChI=1S/C23H32Cl2N2O2/c24-16-21(28)27(20-10-6-1-2-7-11-20)22(17-12-14-18(25)15-13-17)23(29)26-19-8-4-3-5-9-19/h12-15,19-20,22H,1-11,16H2,(H,26,29)/t22-/m1/s1. The minimum absolute atomic E-state index is 0.0431. The molecule has 2 aliphatic carbocycles. The smallest absolute Gasteiger partial charge is 0.247 e. The second kappa shape index (κ2) is 11.2. The predicted molar refractivity (Wildman–Crippen MR) is 118 cm³/mol. The maximum atomic E-state index is 13.5. The summed E-state index contributed by atoms with van der Waals surface area (Å²) in [5.74, 6) is -0.378. The summed E-state index contributed by atoms with van der Waals surface area (Å²) in [7, 11) is 0. The van der Waals surface area contributed by atoms with Gasteiger partial charge in [-0.2, -0.15) is 0 Å². The molecule has 29 heavy (non-hydrogen) atoms. The van der Waals surface area contributed by atoms with Gasteiger partial charge in [-0.15, -0.1) is 11.6 Å². The van der Waals surface area contributed by atoms with Crippen molar-refractivity contribution in [1.82, 2.24) is 10.2 Å². The number of hydrogen-bond donors (Lipinski definition) is 1. The first kappa shape index (κ1) is 22.4. The third kappa shape index (κ3) is 6.11. The Morgan fingerprint density at radius 3 is 2.07 bits per heavy atom.